The van der Waals surface area contributed by atoms with E-state index in [0.29, 0.717) is 47.2 Å². The minimum atomic E-state index is -0.802. The molecule has 0 saturated carbocycles. The maximum atomic E-state index is 13.8. The van der Waals surface area contributed by atoms with Crippen molar-refractivity contribution in [3.05, 3.63) is 94.8 Å². The molecule has 4 rings (SSSR count). The summed E-state index contributed by atoms with van der Waals surface area (Å²) < 4.78 is 30.8. The molecule has 202 valence electrons. The zero-order chi connectivity index (χ0) is 27.8. The summed E-state index contributed by atoms with van der Waals surface area (Å²) >= 11 is 0. The second-order valence-electron chi connectivity index (χ2n) is 8.72. The summed E-state index contributed by atoms with van der Waals surface area (Å²) in [5, 5.41) is 2.23. The van der Waals surface area contributed by atoms with Crippen molar-refractivity contribution in [3.8, 4) is 17.2 Å². The van der Waals surface area contributed by atoms with Gasteiger partial charge in [-0.1, -0.05) is 43.3 Å². The van der Waals surface area contributed by atoms with Gasteiger partial charge in [0.2, 0.25) is 0 Å². The van der Waals surface area contributed by atoms with Gasteiger partial charge in [-0.05, 0) is 60.9 Å². The number of barbiturate groups is 1. The van der Waals surface area contributed by atoms with Crippen LogP contribution in [0.25, 0.3) is 6.08 Å². The van der Waals surface area contributed by atoms with Crippen LogP contribution in [0.1, 0.15) is 37.0 Å². The number of nitrogens with one attached hydrogen (secondary N) is 1. The smallest absolute Gasteiger partial charge is 0.331 e. The van der Waals surface area contributed by atoms with Crippen molar-refractivity contribution in [2.24, 2.45) is 0 Å². The van der Waals surface area contributed by atoms with Gasteiger partial charge in [-0.15, -0.1) is 0 Å². The molecule has 1 saturated heterocycles. The summed E-state index contributed by atoms with van der Waals surface area (Å²) in [5.74, 6) is -0.262. The van der Waals surface area contributed by atoms with E-state index in [9.17, 15) is 18.8 Å². The number of carbonyl (C=O) groups is 3. The molecule has 0 atom stereocenters. The topological polar surface area (TPSA) is 94.2 Å². The van der Waals surface area contributed by atoms with Crippen molar-refractivity contribution in [1.29, 1.82) is 0 Å². The van der Waals surface area contributed by atoms with Gasteiger partial charge in [-0.3, -0.25) is 19.8 Å². The SMILES string of the molecule is CCCOc1ccc(CN2C(=O)NC(=O)/C(=C\c3ccc(OCc4ccccc4F)cc3)C2=O)cc1OCC. The number of carbonyl (C=O) groups excluding carboxylic acids is 3. The summed E-state index contributed by atoms with van der Waals surface area (Å²) in [6.45, 7) is 4.79. The normalized spacial score (nSPS) is 14.4. The first-order valence-corrected chi connectivity index (χ1v) is 12.6. The van der Waals surface area contributed by atoms with Crippen LogP contribution in [-0.4, -0.2) is 36.0 Å². The summed E-state index contributed by atoms with van der Waals surface area (Å²) in [6.07, 6.45) is 2.24. The quantitative estimate of drug-likeness (QED) is 0.268. The van der Waals surface area contributed by atoms with Crippen LogP contribution in [0.5, 0.6) is 17.2 Å². The van der Waals surface area contributed by atoms with Gasteiger partial charge in [-0.25, -0.2) is 9.18 Å². The molecule has 1 fully saturated rings. The van der Waals surface area contributed by atoms with E-state index in [-0.39, 0.29) is 24.5 Å². The van der Waals surface area contributed by atoms with E-state index in [1.807, 2.05) is 13.8 Å². The number of urea groups is 1. The Kier molecular flexibility index (Phi) is 8.94. The maximum absolute atomic E-state index is 13.8. The Hall–Kier alpha value is -4.66. The van der Waals surface area contributed by atoms with Crippen LogP contribution in [0.2, 0.25) is 0 Å². The molecule has 0 aromatic heterocycles. The molecule has 0 bridgehead atoms. The summed E-state index contributed by atoms with van der Waals surface area (Å²) in [4.78, 5) is 39.2. The first kappa shape index (κ1) is 27.4. The molecule has 1 aliphatic rings. The lowest BCUT2D eigenvalue weighted by molar-refractivity contribution is -0.130. The van der Waals surface area contributed by atoms with Crippen molar-refractivity contribution in [3.63, 3.8) is 0 Å². The van der Waals surface area contributed by atoms with Gasteiger partial charge in [0, 0.05) is 5.56 Å². The molecule has 39 heavy (non-hydrogen) atoms. The zero-order valence-electron chi connectivity index (χ0n) is 21.7. The molecule has 4 amide bonds. The molecular weight excluding hydrogens is 503 g/mol. The second kappa shape index (κ2) is 12.7. The van der Waals surface area contributed by atoms with E-state index < -0.39 is 17.8 Å². The highest BCUT2D eigenvalue weighted by molar-refractivity contribution is 6.30. The highest BCUT2D eigenvalue weighted by Gasteiger charge is 2.35. The van der Waals surface area contributed by atoms with Crippen molar-refractivity contribution in [2.75, 3.05) is 13.2 Å². The fourth-order valence-electron chi connectivity index (χ4n) is 3.87. The number of amides is 4. The lowest BCUT2D eigenvalue weighted by Crippen LogP contribution is -2.53. The van der Waals surface area contributed by atoms with Crippen LogP contribution in [0, 0.1) is 5.82 Å². The molecule has 0 radical (unpaired) electrons. The van der Waals surface area contributed by atoms with E-state index in [2.05, 4.69) is 5.32 Å². The van der Waals surface area contributed by atoms with E-state index in [0.717, 1.165) is 11.3 Å². The monoisotopic (exact) mass is 532 g/mol. The van der Waals surface area contributed by atoms with Crippen molar-refractivity contribution in [2.45, 2.75) is 33.4 Å². The summed E-state index contributed by atoms with van der Waals surface area (Å²) in [7, 11) is 0. The van der Waals surface area contributed by atoms with E-state index >= 15 is 0 Å². The van der Waals surface area contributed by atoms with Crippen LogP contribution >= 0.6 is 0 Å². The van der Waals surface area contributed by atoms with E-state index in [1.54, 1.807) is 60.7 Å². The van der Waals surface area contributed by atoms with Crippen LogP contribution in [0.15, 0.2) is 72.3 Å². The molecule has 1 N–H and O–H groups in total. The largest absolute Gasteiger partial charge is 0.490 e. The van der Waals surface area contributed by atoms with Crippen molar-refractivity contribution < 1.29 is 33.0 Å². The Bertz CT molecular complexity index is 1390. The van der Waals surface area contributed by atoms with Gasteiger partial charge >= 0.3 is 6.03 Å². The van der Waals surface area contributed by atoms with Gasteiger partial charge in [0.15, 0.2) is 11.5 Å². The van der Waals surface area contributed by atoms with Gasteiger partial charge < -0.3 is 14.2 Å². The number of hydrogen-bond acceptors (Lipinski definition) is 6. The molecule has 3 aromatic carbocycles. The Morgan fingerprint density at radius 1 is 0.897 bits per heavy atom. The number of benzene rings is 3. The van der Waals surface area contributed by atoms with Crippen LogP contribution in [-0.2, 0) is 22.7 Å². The Morgan fingerprint density at radius 3 is 2.38 bits per heavy atom. The molecule has 0 aliphatic carbocycles. The van der Waals surface area contributed by atoms with Crippen LogP contribution in [0.4, 0.5) is 9.18 Å². The zero-order valence-corrected chi connectivity index (χ0v) is 21.7. The maximum Gasteiger partial charge on any atom is 0.331 e. The second-order valence-corrected chi connectivity index (χ2v) is 8.72. The van der Waals surface area contributed by atoms with Crippen molar-refractivity contribution in [1.82, 2.24) is 10.2 Å². The van der Waals surface area contributed by atoms with Crippen LogP contribution in [0.3, 0.4) is 0 Å². The van der Waals surface area contributed by atoms with Gasteiger partial charge in [0.05, 0.1) is 19.8 Å². The van der Waals surface area contributed by atoms with E-state index in [4.69, 9.17) is 14.2 Å². The molecule has 8 nitrogen and oxygen atoms in total. The third-order valence-corrected chi connectivity index (χ3v) is 5.84. The minimum absolute atomic E-state index is 0.0573. The number of ether oxygens (including phenoxy) is 3. The number of imide groups is 2. The average Bonchev–Trinajstić information content (AvgIpc) is 2.93. The molecular formula is C30H29FN2O6. The number of rotatable bonds is 11. The highest BCUT2D eigenvalue weighted by atomic mass is 19.1. The third-order valence-electron chi connectivity index (χ3n) is 5.84. The number of nitrogens with zero attached hydrogens (tertiary/aromatic N) is 1. The average molecular weight is 533 g/mol. The first-order valence-electron chi connectivity index (χ1n) is 12.6. The highest BCUT2D eigenvalue weighted by Crippen LogP contribution is 2.30. The molecule has 0 spiro atoms. The molecule has 9 heteroatoms. The fourth-order valence-corrected chi connectivity index (χ4v) is 3.87. The molecule has 1 aliphatic heterocycles. The van der Waals surface area contributed by atoms with Crippen LogP contribution < -0.4 is 19.5 Å². The predicted octanol–water partition coefficient (Wildman–Crippen LogP) is 5.25. The standard InChI is InChI=1S/C30H29FN2O6/c1-3-15-38-26-14-11-21(17-27(26)37-4-2)18-33-29(35)24(28(34)32-30(33)36)16-20-9-12-23(13-10-20)39-19-22-7-5-6-8-25(22)31/h5-14,16-17H,3-4,15,18-19H2,1-2H3,(H,32,34,36)/b24-16+. The van der Waals surface area contributed by atoms with Crippen molar-refractivity contribution >= 4 is 23.9 Å². The fraction of sp³-hybridized carbons (Fsp3) is 0.233. The first-order chi connectivity index (χ1) is 18.9. The lowest BCUT2D eigenvalue weighted by Gasteiger charge is -2.26. The minimum Gasteiger partial charge on any atom is -0.490 e. The van der Waals surface area contributed by atoms with Gasteiger partial charge in [0.25, 0.3) is 11.8 Å². The molecule has 3 aromatic rings. The summed E-state index contributed by atoms with van der Waals surface area (Å²) in [5.41, 5.74) is 1.44. The van der Waals surface area contributed by atoms with E-state index in [1.165, 1.54) is 12.1 Å². The Morgan fingerprint density at radius 2 is 1.67 bits per heavy atom. The Labute approximate surface area is 226 Å². The molecule has 0 unspecified atom stereocenters. The van der Waals surface area contributed by atoms with Gasteiger partial charge in [0.1, 0.15) is 23.7 Å². The summed E-state index contributed by atoms with van der Waals surface area (Å²) in [6, 6.07) is 17.4. The van der Waals surface area contributed by atoms with Gasteiger partial charge in [-0.2, -0.15) is 0 Å². The predicted molar refractivity (Wildman–Crippen MR) is 143 cm³/mol. The molecule has 1 heterocycles. The number of hydrogen-bond donors (Lipinski definition) is 1. The third kappa shape index (κ3) is 6.81. The number of halogens is 1. The Balaban J connectivity index is 1.48. The lowest BCUT2D eigenvalue weighted by atomic mass is 10.1.